The Balaban J connectivity index is 1.32. The molecule has 6 rings (SSSR count). The maximum Gasteiger partial charge on any atom is 0.234 e. The number of nitrogens with zero attached hydrogens (tertiary/aromatic N) is 5. The number of thioether (sulfide) groups is 1. The van der Waals surface area contributed by atoms with Crippen LogP contribution in [0.1, 0.15) is 43.5 Å². The lowest BCUT2D eigenvalue weighted by Crippen LogP contribution is -2.14. The first-order valence-corrected chi connectivity index (χ1v) is 14.8. The van der Waals surface area contributed by atoms with Gasteiger partial charge in [-0.2, -0.15) is 0 Å². The molecule has 4 heterocycles. The zero-order valence-electron chi connectivity index (χ0n) is 20.3. The number of hydrogen-bond acceptors (Lipinski definition) is 7. The van der Waals surface area contributed by atoms with Crippen molar-refractivity contribution in [3.63, 3.8) is 0 Å². The van der Waals surface area contributed by atoms with E-state index in [2.05, 4.69) is 29.4 Å². The zero-order valence-corrected chi connectivity index (χ0v) is 23.5. The van der Waals surface area contributed by atoms with Crippen LogP contribution >= 0.6 is 46.3 Å². The van der Waals surface area contributed by atoms with Crippen molar-refractivity contribution in [2.24, 2.45) is 5.92 Å². The molecule has 1 aliphatic rings. The van der Waals surface area contributed by atoms with E-state index in [-0.39, 0.29) is 11.7 Å². The van der Waals surface area contributed by atoms with Crippen LogP contribution in [0.15, 0.2) is 29.7 Å². The van der Waals surface area contributed by atoms with Crippen LogP contribution in [0.25, 0.3) is 26.1 Å². The van der Waals surface area contributed by atoms with E-state index in [0.717, 1.165) is 40.0 Å². The molecule has 0 radical (unpaired) electrons. The number of benzene rings is 1. The molecule has 4 aromatic heterocycles. The Labute approximate surface area is 232 Å². The average Bonchev–Trinajstić information content (AvgIpc) is 3.46. The quantitative estimate of drug-likeness (QED) is 0.221. The lowest BCUT2D eigenvalue weighted by molar-refractivity contribution is -0.113. The summed E-state index contributed by atoms with van der Waals surface area (Å²) >= 11 is 14.9. The third-order valence-electron chi connectivity index (χ3n) is 6.53. The molecule has 0 aliphatic heterocycles. The number of rotatable bonds is 6. The van der Waals surface area contributed by atoms with Crippen molar-refractivity contribution in [3.05, 3.63) is 51.4 Å². The van der Waals surface area contributed by atoms with Crippen LogP contribution in [0.5, 0.6) is 0 Å². The van der Waals surface area contributed by atoms with Gasteiger partial charge in [0.25, 0.3) is 0 Å². The van der Waals surface area contributed by atoms with Gasteiger partial charge in [-0.3, -0.25) is 9.20 Å². The van der Waals surface area contributed by atoms with E-state index in [1.807, 2.05) is 4.40 Å². The Bertz CT molecular complexity index is 1680. The number of anilines is 1. The van der Waals surface area contributed by atoms with Crippen LogP contribution in [0.2, 0.25) is 10.0 Å². The Morgan fingerprint density at radius 2 is 1.97 bits per heavy atom. The third-order valence-corrected chi connectivity index (χ3v) is 9.28. The second-order valence-electron chi connectivity index (χ2n) is 9.67. The summed E-state index contributed by atoms with van der Waals surface area (Å²) in [6.45, 7) is 4.49. The number of carbonyl (C=O) groups is 1. The highest BCUT2D eigenvalue weighted by Crippen LogP contribution is 2.40. The van der Waals surface area contributed by atoms with Crippen LogP contribution in [-0.4, -0.2) is 36.2 Å². The van der Waals surface area contributed by atoms with Gasteiger partial charge >= 0.3 is 0 Å². The second kappa shape index (κ2) is 10.0. The highest BCUT2D eigenvalue weighted by Gasteiger charge is 2.24. The molecule has 0 fully saturated rings. The van der Waals surface area contributed by atoms with Gasteiger partial charge in [-0.15, -0.1) is 21.5 Å². The number of carbonyl (C=O) groups excluding carboxylic acids is 1. The summed E-state index contributed by atoms with van der Waals surface area (Å²) in [4.78, 5) is 23.5. The molecule has 0 saturated heterocycles. The molecular weight excluding hydrogens is 547 g/mol. The number of fused-ring (bicyclic) bond motifs is 7. The van der Waals surface area contributed by atoms with E-state index >= 15 is 0 Å². The first-order chi connectivity index (χ1) is 17.9. The Hall–Kier alpha value is -2.46. The molecule has 0 bridgehead atoms. The molecule has 5 aromatic rings. The van der Waals surface area contributed by atoms with Crippen LogP contribution in [0, 0.1) is 5.92 Å². The topological polar surface area (TPSA) is 85.1 Å². The van der Waals surface area contributed by atoms with E-state index in [0.29, 0.717) is 26.8 Å². The molecule has 37 heavy (non-hydrogen) atoms. The van der Waals surface area contributed by atoms with Gasteiger partial charge in [-0.25, -0.2) is 9.97 Å². The van der Waals surface area contributed by atoms with Gasteiger partial charge in [0, 0.05) is 16.8 Å². The number of amides is 1. The predicted molar refractivity (Wildman–Crippen MR) is 152 cm³/mol. The average molecular weight is 572 g/mol. The van der Waals surface area contributed by atoms with Gasteiger partial charge in [0.1, 0.15) is 15.9 Å². The molecule has 1 aliphatic carbocycles. The third kappa shape index (κ3) is 4.67. The van der Waals surface area contributed by atoms with E-state index in [9.17, 15) is 4.79 Å². The summed E-state index contributed by atoms with van der Waals surface area (Å²) in [5, 5.41) is 14.3. The van der Waals surface area contributed by atoms with Gasteiger partial charge in [0.15, 0.2) is 10.8 Å². The highest BCUT2D eigenvalue weighted by atomic mass is 35.5. The first-order valence-electron chi connectivity index (χ1n) is 12.2. The standard InChI is InChI=1S/C26H24Cl2N6OS2/c1-13(2)9-19-15-5-3-4-6-16(15)21-22-23(37-25(21)31-19)24-32-33-26(34(24)12-29-22)36-11-20(35)30-14-7-8-17(27)18(28)10-14/h7-8,10,12-13H,3-6,9,11H2,1-2H3,(H,30,35). The number of nitrogens with one attached hydrogen (secondary N) is 1. The molecule has 0 atom stereocenters. The van der Waals surface area contributed by atoms with Crippen molar-refractivity contribution in [1.82, 2.24) is 24.6 Å². The number of aryl methyl sites for hydroxylation is 1. The van der Waals surface area contributed by atoms with Crippen LogP contribution in [-0.2, 0) is 24.1 Å². The Morgan fingerprint density at radius 3 is 2.76 bits per heavy atom. The van der Waals surface area contributed by atoms with Crippen molar-refractivity contribution in [3.8, 4) is 0 Å². The number of pyridine rings is 1. The molecule has 1 amide bonds. The van der Waals surface area contributed by atoms with Crippen molar-refractivity contribution in [2.45, 2.75) is 51.1 Å². The largest absolute Gasteiger partial charge is 0.325 e. The minimum Gasteiger partial charge on any atom is -0.325 e. The zero-order chi connectivity index (χ0) is 25.7. The first kappa shape index (κ1) is 24.9. The van der Waals surface area contributed by atoms with E-state index < -0.39 is 0 Å². The summed E-state index contributed by atoms with van der Waals surface area (Å²) in [5.74, 6) is 0.545. The normalized spacial score (nSPS) is 13.6. The minimum atomic E-state index is -0.176. The summed E-state index contributed by atoms with van der Waals surface area (Å²) in [6.07, 6.45) is 7.33. The second-order valence-corrected chi connectivity index (χ2v) is 12.4. The summed E-state index contributed by atoms with van der Waals surface area (Å²) in [5.41, 5.74) is 6.38. The van der Waals surface area contributed by atoms with E-state index in [1.165, 1.54) is 46.8 Å². The van der Waals surface area contributed by atoms with Gasteiger partial charge in [0.2, 0.25) is 5.91 Å². The lowest BCUT2D eigenvalue weighted by atomic mass is 9.87. The molecule has 0 unspecified atom stereocenters. The molecular formula is C26H24Cl2N6OS2. The number of aromatic nitrogens is 5. The molecule has 7 nitrogen and oxygen atoms in total. The molecule has 0 spiro atoms. The maximum absolute atomic E-state index is 12.5. The maximum atomic E-state index is 12.5. The van der Waals surface area contributed by atoms with Gasteiger partial charge in [-0.1, -0.05) is 48.8 Å². The SMILES string of the molecule is CC(C)Cc1nc2sc3c(ncn4c(SCC(=O)Nc5ccc(Cl)c(Cl)c5)nnc34)c2c2c1CCCC2. The van der Waals surface area contributed by atoms with Crippen molar-refractivity contribution >= 4 is 84.0 Å². The van der Waals surface area contributed by atoms with E-state index in [4.69, 9.17) is 33.2 Å². The Kier molecular flexibility index (Phi) is 6.73. The predicted octanol–water partition coefficient (Wildman–Crippen LogP) is 7.00. The monoisotopic (exact) mass is 570 g/mol. The van der Waals surface area contributed by atoms with E-state index in [1.54, 1.807) is 35.9 Å². The highest BCUT2D eigenvalue weighted by molar-refractivity contribution is 7.99. The fourth-order valence-electron chi connectivity index (χ4n) is 4.93. The van der Waals surface area contributed by atoms with Gasteiger partial charge < -0.3 is 5.32 Å². The lowest BCUT2D eigenvalue weighted by Gasteiger charge is -2.20. The summed E-state index contributed by atoms with van der Waals surface area (Å²) in [6, 6.07) is 4.99. The number of hydrogen-bond donors (Lipinski definition) is 1. The van der Waals surface area contributed by atoms with Crippen LogP contribution in [0.3, 0.4) is 0 Å². The van der Waals surface area contributed by atoms with Crippen LogP contribution < -0.4 is 5.32 Å². The minimum absolute atomic E-state index is 0.166. The molecule has 190 valence electrons. The van der Waals surface area contributed by atoms with Crippen molar-refractivity contribution in [1.29, 1.82) is 0 Å². The van der Waals surface area contributed by atoms with Crippen molar-refractivity contribution < 1.29 is 4.79 Å². The van der Waals surface area contributed by atoms with Gasteiger partial charge in [-0.05, 0) is 67.3 Å². The molecule has 1 aromatic carbocycles. The smallest absolute Gasteiger partial charge is 0.234 e. The molecule has 0 saturated carbocycles. The van der Waals surface area contributed by atoms with Crippen LogP contribution in [0.4, 0.5) is 5.69 Å². The summed E-state index contributed by atoms with van der Waals surface area (Å²) < 4.78 is 2.84. The summed E-state index contributed by atoms with van der Waals surface area (Å²) in [7, 11) is 0. The Morgan fingerprint density at radius 1 is 1.16 bits per heavy atom. The fourth-order valence-corrected chi connectivity index (χ4v) is 7.09. The number of thiophene rings is 1. The van der Waals surface area contributed by atoms with Crippen molar-refractivity contribution in [2.75, 3.05) is 11.1 Å². The fraction of sp³-hybridized carbons (Fsp3) is 0.346. The van der Waals surface area contributed by atoms with Gasteiger partial charge in [0.05, 0.1) is 21.3 Å². The number of halogens is 2. The molecule has 1 N–H and O–H groups in total. The molecule has 11 heteroatoms.